The molecule has 0 unspecified atom stereocenters. The molecule has 0 aliphatic rings. The average molecular weight is 84.0 g/mol. The van der Waals surface area contributed by atoms with Crippen molar-refractivity contribution in [3.8, 4) is 0 Å². The van der Waals surface area contributed by atoms with E-state index in [2.05, 4.69) is 0 Å². The molecule has 0 bridgehead atoms. The summed E-state index contributed by atoms with van der Waals surface area (Å²) in [7, 11) is -0.917. The molecule has 0 spiro atoms. The van der Waals surface area contributed by atoms with Gasteiger partial charge < -0.3 is 15.3 Å². The molecule has 0 saturated carbocycles. The Labute approximate surface area is 25.5 Å². The van der Waals surface area contributed by atoms with Crippen molar-refractivity contribution in [3.63, 3.8) is 0 Å². The zero-order chi connectivity index (χ0) is 2.71. The van der Waals surface area contributed by atoms with Gasteiger partial charge in [-0.15, -0.1) is 0 Å². The van der Waals surface area contributed by atoms with Gasteiger partial charge in [0.1, 0.15) is 9.03 Å². The standard InChI is InChI=1S/H3O2P.H2O/c1-3-2;/h1-3H;1H2. The van der Waals surface area contributed by atoms with E-state index < -0.39 is 9.03 Å². The van der Waals surface area contributed by atoms with E-state index in [9.17, 15) is 0 Å². The normalized spacial score (nSPS) is 4.50. The van der Waals surface area contributed by atoms with Gasteiger partial charge >= 0.3 is 0 Å². The highest BCUT2D eigenvalue weighted by Gasteiger charge is 1.34. The summed E-state index contributed by atoms with van der Waals surface area (Å²) < 4.78 is 0. The summed E-state index contributed by atoms with van der Waals surface area (Å²) in [6.07, 6.45) is 0. The molecule has 0 aliphatic heterocycles. The fourth-order valence-electron chi connectivity index (χ4n) is 0. The lowest BCUT2D eigenvalue weighted by Gasteiger charge is -1.54. The molecule has 0 fully saturated rings. The molecule has 4 heavy (non-hydrogen) atoms. The zero-order valence-electron chi connectivity index (χ0n) is 1.89. The molecule has 0 aromatic heterocycles. The number of rotatable bonds is 0. The highest BCUT2D eigenvalue weighted by atomic mass is 31.1. The van der Waals surface area contributed by atoms with Crippen LogP contribution in [0.3, 0.4) is 0 Å². The Morgan fingerprint density at radius 2 is 1.25 bits per heavy atom. The highest BCUT2D eigenvalue weighted by Crippen LogP contribution is 1.81. The van der Waals surface area contributed by atoms with Crippen molar-refractivity contribution in [3.05, 3.63) is 0 Å². The lowest BCUT2D eigenvalue weighted by molar-refractivity contribution is 0.513. The number of hydrogen-bond donors (Lipinski definition) is 2. The molecule has 0 atom stereocenters. The smallest absolute Gasteiger partial charge is 0.149 e. The van der Waals surface area contributed by atoms with E-state index in [-0.39, 0.29) is 5.48 Å². The minimum absolute atomic E-state index is 0. The average Bonchev–Trinajstić information content (AvgIpc) is 0.918. The van der Waals surface area contributed by atoms with E-state index in [1.54, 1.807) is 0 Å². The highest BCUT2D eigenvalue weighted by molar-refractivity contribution is 7.23. The molecule has 0 aromatic rings. The molecule has 28 valence electrons. The molecule has 0 saturated heterocycles. The molecule has 3 nitrogen and oxygen atoms in total. The van der Waals surface area contributed by atoms with Crippen LogP contribution < -0.4 is 0 Å². The van der Waals surface area contributed by atoms with E-state index in [4.69, 9.17) is 9.79 Å². The van der Waals surface area contributed by atoms with Crippen molar-refractivity contribution in [2.75, 3.05) is 0 Å². The SMILES string of the molecule is O.OPO. The van der Waals surface area contributed by atoms with Gasteiger partial charge in [0.05, 0.1) is 0 Å². The first-order valence-electron chi connectivity index (χ1n) is 0.447. The van der Waals surface area contributed by atoms with Gasteiger partial charge in [0, 0.05) is 0 Å². The molecular weight excluding hydrogens is 79.0 g/mol. The third kappa shape index (κ3) is 41.3. The van der Waals surface area contributed by atoms with Crippen LogP contribution in [0.25, 0.3) is 0 Å². The van der Waals surface area contributed by atoms with E-state index >= 15 is 0 Å². The van der Waals surface area contributed by atoms with E-state index in [1.807, 2.05) is 0 Å². The summed E-state index contributed by atoms with van der Waals surface area (Å²) in [6, 6.07) is 0. The predicted octanol–water partition coefficient (Wildman–Crippen LogP) is -1.35. The van der Waals surface area contributed by atoms with Crippen LogP contribution in [-0.2, 0) is 0 Å². The number of hydrogen-bond acceptors (Lipinski definition) is 2. The van der Waals surface area contributed by atoms with Crippen LogP contribution in [0.4, 0.5) is 0 Å². The molecule has 0 rings (SSSR count). The molecule has 0 amide bonds. The Morgan fingerprint density at radius 1 is 1.25 bits per heavy atom. The van der Waals surface area contributed by atoms with Gasteiger partial charge in [-0.2, -0.15) is 0 Å². The van der Waals surface area contributed by atoms with Crippen molar-refractivity contribution >= 4 is 9.03 Å². The summed E-state index contributed by atoms with van der Waals surface area (Å²) in [6.45, 7) is 0. The molecule has 0 aromatic carbocycles. The maximum Gasteiger partial charge on any atom is 0.149 e. The third-order valence-corrected chi connectivity index (χ3v) is 0. The third-order valence-electron chi connectivity index (χ3n) is 0. The minimum Gasteiger partial charge on any atom is -0.412 e. The Hall–Kier alpha value is 0.310. The van der Waals surface area contributed by atoms with Crippen LogP contribution >= 0.6 is 9.03 Å². The van der Waals surface area contributed by atoms with E-state index in [0.29, 0.717) is 0 Å². The van der Waals surface area contributed by atoms with Crippen LogP contribution in [0.15, 0.2) is 0 Å². The van der Waals surface area contributed by atoms with Gasteiger partial charge in [-0.25, -0.2) is 0 Å². The van der Waals surface area contributed by atoms with Gasteiger partial charge in [-0.3, -0.25) is 0 Å². The van der Waals surface area contributed by atoms with Gasteiger partial charge in [-0.1, -0.05) is 0 Å². The van der Waals surface area contributed by atoms with Crippen molar-refractivity contribution in [1.29, 1.82) is 0 Å². The molecule has 0 aliphatic carbocycles. The first kappa shape index (κ1) is 8.85. The summed E-state index contributed by atoms with van der Waals surface area (Å²) >= 11 is 0. The summed E-state index contributed by atoms with van der Waals surface area (Å²) in [5, 5.41) is 0. The van der Waals surface area contributed by atoms with Crippen molar-refractivity contribution in [1.82, 2.24) is 0 Å². The Kier molecular flexibility index (Phi) is 22.8. The first-order valence-corrected chi connectivity index (χ1v) is 1.34. The first-order chi connectivity index (χ1) is 1.41. The molecular formula is H5O3P. The van der Waals surface area contributed by atoms with Crippen molar-refractivity contribution in [2.45, 2.75) is 0 Å². The Balaban J connectivity index is 0. The van der Waals surface area contributed by atoms with Gasteiger partial charge in [0.15, 0.2) is 0 Å². The lowest BCUT2D eigenvalue weighted by Crippen LogP contribution is -1.24. The summed E-state index contributed by atoms with van der Waals surface area (Å²) in [4.78, 5) is 14.3. The maximum atomic E-state index is 7.15. The van der Waals surface area contributed by atoms with Crippen LogP contribution in [0.1, 0.15) is 0 Å². The second-order valence-corrected chi connectivity index (χ2v) is 0.300. The predicted molar refractivity (Wildman–Crippen MR) is 16.4 cm³/mol. The molecule has 0 radical (unpaired) electrons. The fourth-order valence-corrected chi connectivity index (χ4v) is 0. The lowest BCUT2D eigenvalue weighted by atomic mass is 15.9. The largest absolute Gasteiger partial charge is 0.412 e. The van der Waals surface area contributed by atoms with Gasteiger partial charge in [0.25, 0.3) is 0 Å². The van der Waals surface area contributed by atoms with Crippen molar-refractivity contribution in [2.24, 2.45) is 0 Å². The van der Waals surface area contributed by atoms with E-state index in [0.717, 1.165) is 0 Å². The van der Waals surface area contributed by atoms with Crippen LogP contribution in [0.2, 0.25) is 0 Å². The second kappa shape index (κ2) is 10.3. The van der Waals surface area contributed by atoms with Gasteiger partial charge in [-0.05, 0) is 0 Å². The second-order valence-electron chi connectivity index (χ2n) is 0.100. The zero-order valence-corrected chi connectivity index (χ0v) is 2.89. The minimum atomic E-state index is -0.917. The summed E-state index contributed by atoms with van der Waals surface area (Å²) in [5.41, 5.74) is 0. The van der Waals surface area contributed by atoms with Crippen molar-refractivity contribution < 1.29 is 15.3 Å². The monoisotopic (exact) mass is 84.0 g/mol. The quantitative estimate of drug-likeness (QED) is 0.356. The molecule has 4 N–H and O–H groups in total. The van der Waals surface area contributed by atoms with Crippen LogP contribution in [0.5, 0.6) is 0 Å². The maximum absolute atomic E-state index is 7.15. The summed E-state index contributed by atoms with van der Waals surface area (Å²) in [5.74, 6) is 0. The fraction of sp³-hybridized carbons (Fsp3) is 0. The van der Waals surface area contributed by atoms with Gasteiger partial charge in [0.2, 0.25) is 0 Å². The van der Waals surface area contributed by atoms with Crippen LogP contribution in [-0.4, -0.2) is 15.3 Å². The van der Waals surface area contributed by atoms with E-state index in [1.165, 1.54) is 0 Å². The Bertz CT molecular complexity index is 3.25. The molecule has 0 heterocycles. The topological polar surface area (TPSA) is 72.0 Å². The van der Waals surface area contributed by atoms with Crippen LogP contribution in [0, 0.1) is 0 Å². The Morgan fingerprint density at radius 3 is 1.25 bits per heavy atom. The molecule has 4 heteroatoms.